The van der Waals surface area contributed by atoms with Crippen LogP contribution >= 0.6 is 0 Å². The molecule has 0 aliphatic rings. The lowest BCUT2D eigenvalue weighted by Crippen LogP contribution is -2.42. The van der Waals surface area contributed by atoms with Gasteiger partial charge in [0.1, 0.15) is 0 Å². The first kappa shape index (κ1) is 15.2. The number of methoxy groups -OCH3 is 1. The van der Waals surface area contributed by atoms with Gasteiger partial charge in [-0.05, 0) is 6.42 Å². The molecular weight excluding hydrogens is 208 g/mol. The summed E-state index contributed by atoms with van der Waals surface area (Å²) in [6.45, 7) is 3.34. The maximum Gasteiger partial charge on any atom is 0.317 e. The first-order valence-corrected chi connectivity index (χ1v) is 5.77. The Hall–Kier alpha value is -0.810. The van der Waals surface area contributed by atoms with E-state index in [2.05, 4.69) is 12.2 Å². The van der Waals surface area contributed by atoms with Crippen molar-refractivity contribution in [1.82, 2.24) is 10.2 Å². The van der Waals surface area contributed by atoms with Crippen molar-refractivity contribution in [2.24, 2.45) is 0 Å². The highest BCUT2D eigenvalue weighted by molar-refractivity contribution is 5.73. The number of ether oxygens (including phenoxy) is 1. The fraction of sp³-hybridized carbons (Fsp3) is 0.909. The first-order valence-electron chi connectivity index (χ1n) is 5.77. The average Bonchev–Trinajstić information content (AvgIpc) is 2.24. The second kappa shape index (κ2) is 9.42. The first-order chi connectivity index (χ1) is 7.61. The summed E-state index contributed by atoms with van der Waals surface area (Å²) in [6.07, 6.45) is 2.63. The quantitative estimate of drug-likeness (QED) is 0.609. The zero-order valence-electron chi connectivity index (χ0n) is 10.5. The second-order valence-corrected chi connectivity index (χ2v) is 3.93. The van der Waals surface area contributed by atoms with Crippen molar-refractivity contribution in [1.29, 1.82) is 0 Å². The van der Waals surface area contributed by atoms with Gasteiger partial charge in [0, 0.05) is 20.7 Å². The van der Waals surface area contributed by atoms with Crippen LogP contribution in [-0.2, 0) is 4.74 Å². The maximum absolute atomic E-state index is 11.5. The third-order valence-corrected chi connectivity index (χ3v) is 2.25. The largest absolute Gasteiger partial charge is 0.389 e. The molecule has 96 valence electrons. The highest BCUT2D eigenvalue weighted by Gasteiger charge is 2.12. The van der Waals surface area contributed by atoms with Crippen LogP contribution in [-0.4, -0.2) is 56.0 Å². The second-order valence-electron chi connectivity index (χ2n) is 3.93. The molecule has 0 heterocycles. The number of carbonyl (C=O) groups excluding carboxylic acids is 1. The number of hydrogen-bond acceptors (Lipinski definition) is 3. The van der Waals surface area contributed by atoms with E-state index in [1.165, 1.54) is 12.0 Å². The number of likely N-dealkylation sites (N-methyl/N-ethyl adjacent to an activating group) is 1. The maximum atomic E-state index is 11.5. The molecule has 0 aromatic carbocycles. The molecule has 2 amide bonds. The Kier molecular flexibility index (Phi) is 8.94. The van der Waals surface area contributed by atoms with Gasteiger partial charge in [-0.15, -0.1) is 0 Å². The molecule has 16 heavy (non-hydrogen) atoms. The van der Waals surface area contributed by atoms with E-state index < -0.39 is 6.10 Å². The summed E-state index contributed by atoms with van der Waals surface area (Å²) in [6, 6.07) is -0.147. The van der Waals surface area contributed by atoms with Crippen molar-refractivity contribution in [3.8, 4) is 0 Å². The van der Waals surface area contributed by atoms with Crippen molar-refractivity contribution in [2.75, 3.05) is 33.9 Å². The molecule has 0 unspecified atom stereocenters. The normalized spacial score (nSPS) is 12.2. The lowest BCUT2D eigenvalue weighted by molar-refractivity contribution is 0.0490. The number of nitrogens with zero attached hydrogens (tertiary/aromatic N) is 1. The summed E-state index contributed by atoms with van der Waals surface area (Å²) in [4.78, 5) is 13.0. The highest BCUT2D eigenvalue weighted by Crippen LogP contribution is 1.94. The van der Waals surface area contributed by atoms with Gasteiger partial charge >= 0.3 is 6.03 Å². The number of unbranched alkanes of at least 4 members (excludes halogenated alkanes) is 2. The number of amides is 2. The molecule has 5 heteroatoms. The van der Waals surface area contributed by atoms with Crippen LogP contribution in [0.5, 0.6) is 0 Å². The third-order valence-electron chi connectivity index (χ3n) is 2.25. The van der Waals surface area contributed by atoms with E-state index in [0.717, 1.165) is 19.3 Å². The Labute approximate surface area is 97.8 Å². The minimum atomic E-state index is -0.628. The Morgan fingerprint density at radius 1 is 1.50 bits per heavy atom. The molecule has 0 spiro atoms. The van der Waals surface area contributed by atoms with E-state index in [9.17, 15) is 9.90 Å². The van der Waals surface area contributed by atoms with Gasteiger partial charge in [0.2, 0.25) is 0 Å². The van der Waals surface area contributed by atoms with Gasteiger partial charge < -0.3 is 20.1 Å². The van der Waals surface area contributed by atoms with Gasteiger partial charge in [0.15, 0.2) is 0 Å². The predicted molar refractivity (Wildman–Crippen MR) is 63.4 cm³/mol. The molecule has 0 aliphatic carbocycles. The number of hydrogen-bond donors (Lipinski definition) is 2. The van der Waals surface area contributed by atoms with Crippen molar-refractivity contribution < 1.29 is 14.6 Å². The summed E-state index contributed by atoms with van der Waals surface area (Å²) in [7, 11) is 3.18. The SMILES string of the molecule is CCCCCNC(=O)N(C)C[C@H](O)COC. The average molecular weight is 232 g/mol. The molecule has 0 bridgehead atoms. The fourth-order valence-corrected chi connectivity index (χ4v) is 1.35. The number of rotatable bonds is 8. The number of carbonyl (C=O) groups is 1. The van der Waals surface area contributed by atoms with E-state index in [1.807, 2.05) is 0 Å². The zero-order chi connectivity index (χ0) is 12.4. The number of aliphatic hydroxyl groups is 1. The van der Waals surface area contributed by atoms with Crippen molar-refractivity contribution in [3.05, 3.63) is 0 Å². The molecule has 0 saturated heterocycles. The standard InChI is InChI=1S/C11H24N2O3/c1-4-5-6-7-12-11(15)13(2)8-10(14)9-16-3/h10,14H,4-9H2,1-3H3,(H,12,15)/t10-/m0/s1. The Morgan fingerprint density at radius 3 is 2.75 bits per heavy atom. The molecule has 1 atom stereocenters. The van der Waals surface area contributed by atoms with E-state index in [4.69, 9.17) is 4.74 Å². The molecule has 0 radical (unpaired) electrons. The molecule has 0 saturated carbocycles. The topological polar surface area (TPSA) is 61.8 Å². The Bertz CT molecular complexity index is 188. The number of nitrogens with one attached hydrogen (secondary N) is 1. The lowest BCUT2D eigenvalue weighted by atomic mass is 10.2. The number of aliphatic hydroxyl groups excluding tert-OH is 1. The molecule has 0 fully saturated rings. The molecule has 0 aromatic rings. The summed E-state index contributed by atoms with van der Waals surface area (Å²) in [5.74, 6) is 0. The van der Waals surface area contributed by atoms with Gasteiger partial charge in [0.25, 0.3) is 0 Å². The van der Waals surface area contributed by atoms with E-state index >= 15 is 0 Å². The van der Waals surface area contributed by atoms with E-state index in [1.54, 1.807) is 7.05 Å². The van der Waals surface area contributed by atoms with Crippen molar-refractivity contribution >= 4 is 6.03 Å². The van der Waals surface area contributed by atoms with Gasteiger partial charge in [0.05, 0.1) is 19.3 Å². The van der Waals surface area contributed by atoms with Crippen LogP contribution in [0.4, 0.5) is 4.79 Å². The van der Waals surface area contributed by atoms with Crippen LogP contribution in [0.25, 0.3) is 0 Å². The zero-order valence-corrected chi connectivity index (χ0v) is 10.5. The minimum absolute atomic E-state index is 0.147. The van der Waals surface area contributed by atoms with Gasteiger partial charge in [-0.3, -0.25) is 0 Å². The number of urea groups is 1. The molecular formula is C11H24N2O3. The van der Waals surface area contributed by atoms with Crippen LogP contribution < -0.4 is 5.32 Å². The predicted octanol–water partition coefficient (Wildman–Crippen LogP) is 0.825. The molecule has 0 rings (SSSR count). The van der Waals surface area contributed by atoms with Crippen LogP contribution in [0.1, 0.15) is 26.2 Å². The van der Waals surface area contributed by atoms with E-state index in [-0.39, 0.29) is 19.2 Å². The van der Waals surface area contributed by atoms with Crippen LogP contribution in [0.15, 0.2) is 0 Å². The lowest BCUT2D eigenvalue weighted by Gasteiger charge is -2.20. The Morgan fingerprint density at radius 2 is 2.19 bits per heavy atom. The van der Waals surface area contributed by atoms with Gasteiger partial charge in [-0.2, -0.15) is 0 Å². The monoisotopic (exact) mass is 232 g/mol. The van der Waals surface area contributed by atoms with Crippen LogP contribution in [0, 0.1) is 0 Å². The molecule has 0 aliphatic heterocycles. The van der Waals surface area contributed by atoms with E-state index in [0.29, 0.717) is 6.54 Å². The third kappa shape index (κ3) is 7.48. The summed E-state index contributed by atoms with van der Waals surface area (Å²) in [5, 5.41) is 12.2. The summed E-state index contributed by atoms with van der Waals surface area (Å²) < 4.78 is 4.79. The smallest absolute Gasteiger partial charge is 0.317 e. The summed E-state index contributed by atoms with van der Waals surface area (Å²) in [5.41, 5.74) is 0. The minimum Gasteiger partial charge on any atom is -0.389 e. The van der Waals surface area contributed by atoms with Gasteiger partial charge in [-0.1, -0.05) is 19.8 Å². The summed E-state index contributed by atoms with van der Waals surface area (Å²) >= 11 is 0. The molecule has 5 nitrogen and oxygen atoms in total. The fourth-order valence-electron chi connectivity index (χ4n) is 1.35. The molecule has 2 N–H and O–H groups in total. The van der Waals surface area contributed by atoms with Crippen LogP contribution in [0.2, 0.25) is 0 Å². The van der Waals surface area contributed by atoms with Gasteiger partial charge in [-0.25, -0.2) is 4.79 Å². The van der Waals surface area contributed by atoms with Crippen molar-refractivity contribution in [3.63, 3.8) is 0 Å². The molecule has 0 aromatic heterocycles. The van der Waals surface area contributed by atoms with Crippen molar-refractivity contribution in [2.45, 2.75) is 32.3 Å². The highest BCUT2D eigenvalue weighted by atomic mass is 16.5. The van der Waals surface area contributed by atoms with Crippen LogP contribution in [0.3, 0.4) is 0 Å². The Balaban J connectivity index is 3.64.